The molecule has 97 heavy (non-hydrogen) atoms. The molecular weight excluding hydrogens is 1380 g/mol. The van der Waals surface area contributed by atoms with Crippen LogP contribution < -0.4 is 0 Å². The summed E-state index contributed by atoms with van der Waals surface area (Å²) in [7, 11) is 0. The maximum atomic E-state index is 14.2. The molecule has 6 heteroatoms. The Morgan fingerprint density at radius 1 is 0.309 bits per heavy atom. The molecule has 1 aliphatic rings. The van der Waals surface area contributed by atoms with Gasteiger partial charge in [0.15, 0.2) is 0 Å². The van der Waals surface area contributed by atoms with Gasteiger partial charge in [0.25, 0.3) is 0 Å². The third-order valence-corrected chi connectivity index (χ3v) is 19.1. The van der Waals surface area contributed by atoms with E-state index >= 15 is 0 Å². The molecule has 15 aromatic rings. The summed E-state index contributed by atoms with van der Waals surface area (Å²) in [5.41, 5.74) is 31.7. The first-order chi connectivity index (χ1) is 47.1. The van der Waals surface area contributed by atoms with Crippen LogP contribution in [-0.4, -0.2) is 15.0 Å². The maximum absolute atomic E-state index is 14.2. The maximum Gasteiger partial charge on any atom is 3.00 e. The number of hydrogen-bond acceptors (Lipinski definition) is 3. The molecule has 1 aliphatic carbocycles. The summed E-state index contributed by atoms with van der Waals surface area (Å²) in [5, 5.41) is 0.723. The first-order valence-corrected chi connectivity index (χ1v) is 32.7. The van der Waals surface area contributed by atoms with E-state index in [1.165, 1.54) is 34.4 Å². The Kier molecular flexibility index (Phi) is 16.8. The number of aromatic nitrogens is 3. The molecule has 0 unspecified atom stereocenters. The monoisotopic (exact) mass is 1440 g/mol. The second-order valence-electron chi connectivity index (χ2n) is 25.1. The first-order valence-electron chi connectivity index (χ1n) is 32.3. The summed E-state index contributed by atoms with van der Waals surface area (Å²) >= 11 is 6.75. The fourth-order valence-corrected chi connectivity index (χ4v) is 14.3. The summed E-state index contributed by atoms with van der Waals surface area (Å²) in [4.78, 5) is 14.6. The topological polar surface area (TPSA) is 38.7 Å². The Labute approximate surface area is 584 Å². The van der Waals surface area contributed by atoms with Crippen LogP contribution in [0.1, 0.15) is 30.5 Å². The van der Waals surface area contributed by atoms with Gasteiger partial charge in [-0.2, -0.15) is 0 Å². The standard InChI is InChI=1S/C91H60ClFN3.Ir/c1-58-48-90(96-57-85(58)61-32-39-70(93)40-33-61)65-37-43-79(84(54-65)62-34-44-80-81-45-38-69(92)56-87(81)91(2,3)86(80)55-62)76-29-15-12-26-73(76)68-50-66(71-24-10-13-27-74(71)77-41-35-63(88-30-16-18-46-94-88)52-82(77)59-20-6-4-7-21-59)49-67(51-68)72-25-11-14-28-75(72)78-42-36-64(89-31-17-19-47-95-89)53-83(78)60-22-8-5-9-23-60;/h4-34,38-57H,1-3H3;/q-3;+3. The van der Waals surface area contributed by atoms with Gasteiger partial charge in [0.2, 0.25) is 0 Å². The van der Waals surface area contributed by atoms with Gasteiger partial charge in [0, 0.05) is 34.6 Å². The zero-order valence-corrected chi connectivity index (χ0v) is 56.5. The van der Waals surface area contributed by atoms with Crippen molar-refractivity contribution >= 4 is 11.6 Å². The largest absolute Gasteiger partial charge is 3.00 e. The van der Waals surface area contributed by atoms with Gasteiger partial charge >= 0.3 is 20.1 Å². The summed E-state index contributed by atoms with van der Waals surface area (Å²) in [6.45, 7) is 6.68. The van der Waals surface area contributed by atoms with Crippen molar-refractivity contribution in [3.63, 3.8) is 0 Å². The molecule has 3 aromatic heterocycles. The van der Waals surface area contributed by atoms with Gasteiger partial charge in [-0.1, -0.05) is 276 Å². The molecule has 0 amide bonds. The molecule has 12 aromatic carbocycles. The Hall–Kier alpha value is -11.0. The molecule has 0 radical (unpaired) electrons. The van der Waals surface area contributed by atoms with Crippen LogP contribution in [0, 0.1) is 30.9 Å². The number of pyridine rings is 3. The zero-order valence-electron chi connectivity index (χ0n) is 53.4. The fourth-order valence-electron chi connectivity index (χ4n) is 14.1. The van der Waals surface area contributed by atoms with E-state index in [9.17, 15) is 4.39 Å². The van der Waals surface area contributed by atoms with Gasteiger partial charge in [-0.25, -0.2) is 4.39 Å². The summed E-state index contributed by atoms with van der Waals surface area (Å²) in [6, 6.07) is 113. The number of halogens is 2. The normalized spacial score (nSPS) is 12.0. The van der Waals surface area contributed by atoms with Crippen molar-refractivity contribution in [2.45, 2.75) is 26.2 Å². The second kappa shape index (κ2) is 26.3. The van der Waals surface area contributed by atoms with Crippen molar-refractivity contribution in [3.05, 3.63) is 356 Å². The van der Waals surface area contributed by atoms with Crippen molar-refractivity contribution in [3.8, 4) is 156 Å². The van der Waals surface area contributed by atoms with E-state index in [0.29, 0.717) is 0 Å². The van der Waals surface area contributed by atoms with Gasteiger partial charge in [-0.15, -0.1) is 71.3 Å². The molecule has 3 heterocycles. The van der Waals surface area contributed by atoms with E-state index in [1.54, 1.807) is 12.1 Å². The number of benzene rings is 12. The minimum Gasteiger partial charge on any atom is -0.305 e. The van der Waals surface area contributed by atoms with Crippen molar-refractivity contribution < 1.29 is 24.5 Å². The van der Waals surface area contributed by atoms with Gasteiger partial charge in [-0.3, -0.25) is 0 Å². The number of fused-ring (bicyclic) bond motifs is 3. The number of aryl methyl sites for hydroxylation is 1. The van der Waals surface area contributed by atoms with E-state index in [1.807, 2.05) is 61.1 Å². The van der Waals surface area contributed by atoms with Crippen molar-refractivity contribution in [2.24, 2.45) is 0 Å². The SMILES string of the molecule is Cc1cc(-c2[c-]cc(-c3ccccc3-c3cc(-c4ccccc4-c4c[c-]c(-c5ccccn5)cc4-c4ccccc4)cc(-c4ccccc4-c4c[c-]c(-c5ccccn5)cc4-c4ccccc4)c3)c(-c3ccc4c(c3)C(C)(C)c3cc(Cl)ccc3-4)c2)ncc1-c1ccc(F)cc1.[Ir+3]. The average Bonchev–Trinajstić information content (AvgIpc) is 1.56. The van der Waals surface area contributed by atoms with E-state index in [-0.39, 0.29) is 31.3 Å². The molecule has 0 bridgehead atoms. The molecule has 0 fully saturated rings. The van der Waals surface area contributed by atoms with Crippen molar-refractivity contribution in [2.75, 3.05) is 0 Å². The summed E-state index contributed by atoms with van der Waals surface area (Å²) < 4.78 is 14.2. The Morgan fingerprint density at radius 2 is 0.701 bits per heavy atom. The van der Waals surface area contributed by atoms with Crippen LogP contribution in [0.4, 0.5) is 4.39 Å². The molecule has 0 aliphatic heterocycles. The molecular formula is C91H60ClFIrN3. The van der Waals surface area contributed by atoms with Gasteiger partial charge in [0.05, 0.1) is 0 Å². The Morgan fingerprint density at radius 3 is 1.15 bits per heavy atom. The van der Waals surface area contributed by atoms with Crippen LogP contribution in [0.3, 0.4) is 0 Å². The summed E-state index contributed by atoms with van der Waals surface area (Å²) in [5.74, 6) is -0.275. The number of hydrogen-bond donors (Lipinski definition) is 0. The third kappa shape index (κ3) is 11.9. The molecule has 0 saturated carbocycles. The molecule has 16 rings (SSSR count). The predicted octanol–water partition coefficient (Wildman–Crippen LogP) is 24.3. The molecule has 462 valence electrons. The molecule has 0 spiro atoms. The third-order valence-electron chi connectivity index (χ3n) is 18.9. The minimum absolute atomic E-state index is 0. The van der Waals surface area contributed by atoms with Crippen LogP contribution in [0.15, 0.2) is 310 Å². The smallest absolute Gasteiger partial charge is 0.305 e. The predicted molar refractivity (Wildman–Crippen MR) is 394 cm³/mol. The van der Waals surface area contributed by atoms with E-state index < -0.39 is 0 Å². The van der Waals surface area contributed by atoms with Crippen LogP contribution in [-0.2, 0) is 25.5 Å². The summed E-state index contributed by atoms with van der Waals surface area (Å²) in [6.07, 6.45) is 5.56. The van der Waals surface area contributed by atoms with E-state index in [4.69, 9.17) is 26.6 Å². The average molecular weight is 1440 g/mol. The van der Waals surface area contributed by atoms with Crippen molar-refractivity contribution in [1.82, 2.24) is 15.0 Å². The van der Waals surface area contributed by atoms with E-state index in [2.05, 4.69) is 263 Å². The quantitative estimate of drug-likeness (QED) is 0.108. The number of rotatable bonds is 13. The van der Waals surface area contributed by atoms with Gasteiger partial charge in [0.1, 0.15) is 5.82 Å². The first kappa shape index (κ1) is 62.1. The fraction of sp³-hybridized carbons (Fsp3) is 0.0440. The molecule has 3 nitrogen and oxygen atoms in total. The Balaban J connectivity index is 0.00000770. The van der Waals surface area contributed by atoms with Gasteiger partial charge in [-0.05, 0) is 162 Å². The van der Waals surface area contributed by atoms with Crippen LogP contribution >= 0.6 is 11.6 Å². The zero-order chi connectivity index (χ0) is 64.9. The molecule has 0 N–H and O–H groups in total. The Bertz CT molecular complexity index is 5270. The van der Waals surface area contributed by atoms with Crippen LogP contribution in [0.5, 0.6) is 0 Å². The number of nitrogens with zero attached hydrogens (tertiary/aromatic N) is 3. The van der Waals surface area contributed by atoms with Crippen LogP contribution in [0.2, 0.25) is 5.02 Å². The van der Waals surface area contributed by atoms with Crippen molar-refractivity contribution in [1.29, 1.82) is 0 Å². The molecule has 0 saturated heterocycles. The van der Waals surface area contributed by atoms with E-state index in [0.717, 1.165) is 156 Å². The second-order valence-corrected chi connectivity index (χ2v) is 25.5. The molecule has 0 atom stereocenters. The van der Waals surface area contributed by atoms with Crippen LogP contribution in [0.25, 0.3) is 156 Å². The van der Waals surface area contributed by atoms with Gasteiger partial charge < -0.3 is 15.0 Å². The minimum atomic E-state index is -0.326.